The van der Waals surface area contributed by atoms with Gasteiger partial charge in [0.2, 0.25) is 0 Å². The summed E-state index contributed by atoms with van der Waals surface area (Å²) >= 11 is 1.45. The summed E-state index contributed by atoms with van der Waals surface area (Å²) in [5.74, 6) is -0.311. The highest BCUT2D eigenvalue weighted by atomic mass is 32.1. The molecule has 0 saturated carbocycles. The zero-order chi connectivity index (χ0) is 21.4. The SMILES string of the molecule is O=C(NC[C@H]1CN(c2ccc(N3CCOCC3=O)cc2)C(=O)O1)c1nc2c(s1)CCC2. The van der Waals surface area contributed by atoms with Gasteiger partial charge in [-0.3, -0.25) is 14.5 Å². The first-order valence-electron chi connectivity index (χ1n) is 10.3. The number of ether oxygens (including phenoxy) is 2. The molecular formula is C21H22N4O5S. The minimum atomic E-state index is -0.456. The zero-order valence-electron chi connectivity index (χ0n) is 16.8. The summed E-state index contributed by atoms with van der Waals surface area (Å²) in [4.78, 5) is 45.5. The number of nitrogens with zero attached hydrogens (tertiary/aromatic N) is 3. The van der Waals surface area contributed by atoms with E-state index in [1.807, 2.05) is 12.1 Å². The quantitative estimate of drug-likeness (QED) is 0.757. The van der Waals surface area contributed by atoms with E-state index in [2.05, 4.69) is 10.3 Å². The van der Waals surface area contributed by atoms with Gasteiger partial charge in [0, 0.05) is 22.8 Å². The molecule has 0 radical (unpaired) electrons. The lowest BCUT2D eigenvalue weighted by molar-refractivity contribution is -0.125. The van der Waals surface area contributed by atoms with Crippen LogP contribution in [0.5, 0.6) is 0 Å². The molecule has 31 heavy (non-hydrogen) atoms. The highest BCUT2D eigenvalue weighted by Crippen LogP contribution is 2.28. The Kier molecular flexibility index (Phi) is 5.33. The van der Waals surface area contributed by atoms with Gasteiger partial charge in [-0.2, -0.15) is 0 Å². The Morgan fingerprint density at radius 3 is 2.68 bits per heavy atom. The Balaban J connectivity index is 1.18. The van der Waals surface area contributed by atoms with E-state index in [9.17, 15) is 14.4 Å². The minimum absolute atomic E-state index is 0.0806. The zero-order valence-corrected chi connectivity index (χ0v) is 17.7. The van der Waals surface area contributed by atoms with E-state index in [0.717, 1.165) is 30.6 Å². The van der Waals surface area contributed by atoms with Crippen molar-refractivity contribution in [3.8, 4) is 0 Å². The molecule has 2 aromatic rings. The first-order chi connectivity index (χ1) is 15.1. The van der Waals surface area contributed by atoms with Crippen molar-refractivity contribution >= 4 is 40.6 Å². The van der Waals surface area contributed by atoms with Gasteiger partial charge in [-0.05, 0) is 43.5 Å². The van der Waals surface area contributed by atoms with E-state index in [1.54, 1.807) is 17.0 Å². The maximum Gasteiger partial charge on any atom is 0.414 e. The molecule has 2 aliphatic heterocycles. The second-order valence-electron chi connectivity index (χ2n) is 7.68. The molecule has 5 rings (SSSR count). The number of amides is 3. The summed E-state index contributed by atoms with van der Waals surface area (Å²) in [7, 11) is 0. The third-order valence-corrected chi connectivity index (χ3v) is 6.77. The molecule has 2 fully saturated rings. The number of carbonyl (C=O) groups excluding carboxylic acids is 3. The lowest BCUT2D eigenvalue weighted by atomic mass is 10.2. The predicted octanol–water partition coefficient (Wildman–Crippen LogP) is 1.75. The monoisotopic (exact) mass is 442 g/mol. The van der Waals surface area contributed by atoms with Crippen molar-refractivity contribution < 1.29 is 23.9 Å². The second kappa shape index (κ2) is 8.27. The van der Waals surface area contributed by atoms with Crippen LogP contribution in [0.4, 0.5) is 16.2 Å². The van der Waals surface area contributed by atoms with Crippen LogP contribution in [0, 0.1) is 0 Å². The van der Waals surface area contributed by atoms with Crippen molar-refractivity contribution in [2.24, 2.45) is 0 Å². The minimum Gasteiger partial charge on any atom is -0.442 e. The molecule has 1 aliphatic carbocycles. The molecule has 2 saturated heterocycles. The number of fused-ring (bicyclic) bond motifs is 1. The van der Waals surface area contributed by atoms with Gasteiger partial charge in [-0.1, -0.05) is 0 Å². The summed E-state index contributed by atoms with van der Waals surface area (Å²) in [6, 6.07) is 7.19. The standard InChI is InChI=1S/C21H22N4O5S/c26-18-12-29-9-8-24(18)13-4-6-14(7-5-13)25-11-15(30-21(25)28)10-22-19(27)20-23-16-2-1-3-17(16)31-20/h4-7,15H,1-3,8-12H2,(H,22,27)/t15-/m0/s1. The average molecular weight is 442 g/mol. The number of rotatable bonds is 5. The van der Waals surface area contributed by atoms with E-state index in [-0.39, 0.29) is 25.0 Å². The van der Waals surface area contributed by atoms with E-state index >= 15 is 0 Å². The fraction of sp³-hybridized carbons (Fsp3) is 0.429. The third-order valence-electron chi connectivity index (χ3n) is 5.61. The van der Waals surface area contributed by atoms with Crippen LogP contribution in [0.3, 0.4) is 0 Å². The number of hydrogen-bond acceptors (Lipinski definition) is 7. The lowest BCUT2D eigenvalue weighted by Crippen LogP contribution is -2.41. The number of hydrogen-bond donors (Lipinski definition) is 1. The van der Waals surface area contributed by atoms with Gasteiger partial charge in [0.05, 0.1) is 25.4 Å². The molecule has 162 valence electrons. The number of anilines is 2. The normalized spacial score (nSPS) is 20.7. The van der Waals surface area contributed by atoms with Crippen LogP contribution in [-0.2, 0) is 27.1 Å². The molecule has 3 amide bonds. The van der Waals surface area contributed by atoms with Crippen LogP contribution in [0.2, 0.25) is 0 Å². The number of aromatic nitrogens is 1. The topological polar surface area (TPSA) is 101 Å². The summed E-state index contributed by atoms with van der Waals surface area (Å²) in [5.41, 5.74) is 2.49. The van der Waals surface area contributed by atoms with Crippen molar-refractivity contribution in [3.63, 3.8) is 0 Å². The number of cyclic esters (lactones) is 1. The number of thiazole rings is 1. The lowest BCUT2D eigenvalue weighted by Gasteiger charge is -2.27. The van der Waals surface area contributed by atoms with E-state index < -0.39 is 12.2 Å². The molecule has 0 bridgehead atoms. The highest BCUT2D eigenvalue weighted by Gasteiger charge is 2.33. The number of carbonyl (C=O) groups is 3. The summed E-state index contributed by atoms with van der Waals surface area (Å²) in [6.07, 6.45) is 2.14. The molecule has 3 heterocycles. The number of nitrogens with one attached hydrogen (secondary N) is 1. The van der Waals surface area contributed by atoms with Crippen LogP contribution in [0.25, 0.3) is 0 Å². The Morgan fingerprint density at radius 1 is 1.16 bits per heavy atom. The van der Waals surface area contributed by atoms with Gasteiger partial charge in [-0.25, -0.2) is 9.78 Å². The van der Waals surface area contributed by atoms with E-state index in [0.29, 0.717) is 30.4 Å². The smallest absolute Gasteiger partial charge is 0.414 e. The van der Waals surface area contributed by atoms with Gasteiger partial charge in [0.1, 0.15) is 12.7 Å². The van der Waals surface area contributed by atoms with Gasteiger partial charge in [-0.15, -0.1) is 11.3 Å². The van der Waals surface area contributed by atoms with Gasteiger partial charge >= 0.3 is 6.09 Å². The van der Waals surface area contributed by atoms with Crippen LogP contribution >= 0.6 is 11.3 Å². The second-order valence-corrected chi connectivity index (χ2v) is 8.77. The van der Waals surface area contributed by atoms with Gasteiger partial charge in [0.25, 0.3) is 11.8 Å². The van der Waals surface area contributed by atoms with Crippen molar-refractivity contribution in [1.29, 1.82) is 0 Å². The van der Waals surface area contributed by atoms with Crippen LogP contribution in [0.1, 0.15) is 26.8 Å². The molecule has 10 heteroatoms. The fourth-order valence-corrected chi connectivity index (χ4v) is 5.08. The molecule has 9 nitrogen and oxygen atoms in total. The fourth-order valence-electron chi connectivity index (χ4n) is 4.01. The van der Waals surface area contributed by atoms with Gasteiger partial charge in [0.15, 0.2) is 5.01 Å². The van der Waals surface area contributed by atoms with Crippen molar-refractivity contribution in [1.82, 2.24) is 10.3 Å². The average Bonchev–Trinajstić information content (AvgIpc) is 3.47. The molecule has 0 spiro atoms. The molecule has 0 unspecified atom stereocenters. The molecule has 1 aromatic carbocycles. The van der Waals surface area contributed by atoms with Crippen LogP contribution < -0.4 is 15.1 Å². The van der Waals surface area contributed by atoms with Crippen molar-refractivity contribution in [3.05, 3.63) is 39.8 Å². The van der Waals surface area contributed by atoms with Crippen molar-refractivity contribution in [2.45, 2.75) is 25.4 Å². The van der Waals surface area contributed by atoms with Crippen LogP contribution in [0.15, 0.2) is 24.3 Å². The summed E-state index contributed by atoms with van der Waals surface area (Å²) < 4.78 is 10.6. The highest BCUT2D eigenvalue weighted by molar-refractivity contribution is 7.13. The summed E-state index contributed by atoms with van der Waals surface area (Å²) in [5, 5.41) is 3.30. The Labute approximate surface area is 182 Å². The Hall–Kier alpha value is -2.98. The predicted molar refractivity (Wildman–Crippen MR) is 114 cm³/mol. The van der Waals surface area contributed by atoms with E-state index in [4.69, 9.17) is 9.47 Å². The molecule has 1 N–H and O–H groups in total. The maximum absolute atomic E-state index is 12.4. The first-order valence-corrected chi connectivity index (χ1v) is 11.1. The molecule has 3 aliphatic rings. The largest absolute Gasteiger partial charge is 0.442 e. The Morgan fingerprint density at radius 2 is 1.94 bits per heavy atom. The van der Waals surface area contributed by atoms with Crippen LogP contribution in [-0.4, -0.2) is 61.8 Å². The van der Waals surface area contributed by atoms with E-state index in [1.165, 1.54) is 21.1 Å². The summed E-state index contributed by atoms with van der Waals surface area (Å²) in [6.45, 7) is 1.66. The first kappa shape index (κ1) is 20.0. The third kappa shape index (κ3) is 4.00. The van der Waals surface area contributed by atoms with Crippen molar-refractivity contribution in [2.75, 3.05) is 42.6 Å². The number of benzene rings is 1. The number of aryl methyl sites for hydroxylation is 2. The molecular weight excluding hydrogens is 420 g/mol. The Bertz CT molecular complexity index is 1000. The van der Waals surface area contributed by atoms with Gasteiger partial charge < -0.3 is 19.7 Å². The maximum atomic E-state index is 12.4. The molecule has 1 atom stereocenters. The number of morpholine rings is 1. The molecule has 1 aromatic heterocycles.